The zero-order valence-electron chi connectivity index (χ0n) is 35.6. The first kappa shape index (κ1) is 37.4. The first-order valence-corrected chi connectivity index (χ1v) is 21.9. The number of hydrogen-bond acceptors (Lipinski definition) is 2. The summed E-state index contributed by atoms with van der Waals surface area (Å²) in [5.41, 5.74) is 19.8. The van der Waals surface area contributed by atoms with Crippen molar-refractivity contribution < 1.29 is 0 Å². The molecule has 4 nitrogen and oxygen atoms in total. The van der Waals surface area contributed by atoms with Crippen molar-refractivity contribution in [2.24, 2.45) is 0 Å². The van der Waals surface area contributed by atoms with Gasteiger partial charge in [-0.2, -0.15) is 0 Å². The summed E-state index contributed by atoms with van der Waals surface area (Å²) in [6.45, 7) is 4.40. The van der Waals surface area contributed by atoms with Gasteiger partial charge in [-0.15, -0.1) is 0 Å². The molecule has 0 bridgehead atoms. The Balaban J connectivity index is 0.876. The van der Waals surface area contributed by atoms with Crippen LogP contribution >= 0.6 is 0 Å². The highest BCUT2D eigenvalue weighted by molar-refractivity contribution is 6.11. The molecule has 0 fully saturated rings. The molecule has 12 aromatic rings. The summed E-state index contributed by atoms with van der Waals surface area (Å²) in [5.74, 6) is 0.648. The van der Waals surface area contributed by atoms with E-state index in [1.165, 1.54) is 88.3 Å². The summed E-state index contributed by atoms with van der Waals surface area (Å²) >= 11 is 0. The Morgan fingerprint density at radius 1 is 0.328 bits per heavy atom. The van der Waals surface area contributed by atoms with Gasteiger partial charge in [-0.3, -0.25) is 4.57 Å². The fourth-order valence-corrected chi connectivity index (χ4v) is 9.75. The Labute approximate surface area is 372 Å². The molecule has 3 aromatic heterocycles. The van der Waals surface area contributed by atoms with Gasteiger partial charge in [0.25, 0.3) is 0 Å². The van der Waals surface area contributed by atoms with Gasteiger partial charge in [0, 0.05) is 39.0 Å². The smallest absolute Gasteiger partial charge is 0.235 e. The minimum atomic E-state index is 0.648. The van der Waals surface area contributed by atoms with Crippen LogP contribution in [0.2, 0.25) is 0 Å². The zero-order valence-corrected chi connectivity index (χ0v) is 35.6. The molecule has 0 spiro atoms. The zero-order chi connectivity index (χ0) is 42.7. The van der Waals surface area contributed by atoms with Crippen LogP contribution in [0.4, 0.5) is 0 Å². The maximum atomic E-state index is 5.24. The van der Waals surface area contributed by atoms with E-state index in [2.05, 4.69) is 229 Å². The second-order valence-corrected chi connectivity index (χ2v) is 16.8. The first-order chi connectivity index (χ1) is 31.6. The van der Waals surface area contributed by atoms with E-state index in [1.54, 1.807) is 0 Å². The van der Waals surface area contributed by atoms with Crippen LogP contribution in [-0.2, 0) is 0 Å². The predicted octanol–water partition coefficient (Wildman–Crippen LogP) is 15.6. The summed E-state index contributed by atoms with van der Waals surface area (Å²) in [6, 6.07) is 76.4. The van der Waals surface area contributed by atoms with E-state index in [1.807, 2.05) is 12.3 Å². The molecule has 9 aromatic carbocycles. The predicted molar refractivity (Wildman–Crippen MR) is 267 cm³/mol. The summed E-state index contributed by atoms with van der Waals surface area (Å²) in [4.78, 5) is 10.1. The molecule has 302 valence electrons. The molecule has 12 rings (SSSR count). The monoisotopic (exact) mass is 818 g/mol. The number of hydrogen-bond donors (Lipinski definition) is 0. The van der Waals surface area contributed by atoms with Crippen molar-refractivity contribution in [1.29, 1.82) is 0 Å². The molecule has 64 heavy (non-hydrogen) atoms. The highest BCUT2D eigenvalue weighted by Crippen LogP contribution is 2.38. The number of benzene rings is 9. The summed E-state index contributed by atoms with van der Waals surface area (Å²) < 4.78 is 4.56. The van der Waals surface area contributed by atoms with Crippen LogP contribution in [0.5, 0.6) is 0 Å². The lowest BCUT2D eigenvalue weighted by atomic mass is 9.91. The van der Waals surface area contributed by atoms with Gasteiger partial charge >= 0.3 is 0 Å². The van der Waals surface area contributed by atoms with Gasteiger partial charge in [0.1, 0.15) is 0 Å². The van der Waals surface area contributed by atoms with Crippen molar-refractivity contribution in [2.45, 2.75) is 13.8 Å². The lowest BCUT2D eigenvalue weighted by Gasteiger charge is -2.14. The van der Waals surface area contributed by atoms with Gasteiger partial charge in [-0.05, 0) is 130 Å². The Morgan fingerprint density at radius 2 is 0.812 bits per heavy atom. The van der Waals surface area contributed by atoms with Gasteiger partial charge in [-0.1, -0.05) is 152 Å². The van der Waals surface area contributed by atoms with Crippen LogP contribution in [0, 0.1) is 13.8 Å². The van der Waals surface area contributed by atoms with Gasteiger partial charge in [-0.25, -0.2) is 9.97 Å². The molecule has 0 aliphatic heterocycles. The molecule has 0 saturated heterocycles. The first-order valence-electron chi connectivity index (χ1n) is 21.9. The molecule has 0 radical (unpaired) electrons. The van der Waals surface area contributed by atoms with Crippen molar-refractivity contribution in [3.8, 4) is 67.4 Å². The second-order valence-electron chi connectivity index (χ2n) is 16.8. The van der Waals surface area contributed by atoms with E-state index in [-0.39, 0.29) is 0 Å². The Morgan fingerprint density at radius 3 is 1.45 bits per heavy atom. The van der Waals surface area contributed by atoms with Crippen molar-refractivity contribution in [2.75, 3.05) is 0 Å². The molecule has 4 heteroatoms. The normalized spacial score (nSPS) is 11.6. The van der Waals surface area contributed by atoms with Crippen LogP contribution < -0.4 is 0 Å². The fraction of sp³-hybridized carbons (Fsp3) is 0.0333. The summed E-state index contributed by atoms with van der Waals surface area (Å²) in [6.07, 6.45) is 1.88. The summed E-state index contributed by atoms with van der Waals surface area (Å²) in [7, 11) is 0. The number of nitrogens with zero attached hydrogens (tertiary/aromatic N) is 4. The van der Waals surface area contributed by atoms with Crippen LogP contribution in [0.25, 0.3) is 111 Å². The van der Waals surface area contributed by atoms with E-state index in [4.69, 9.17) is 9.97 Å². The lowest BCUT2D eigenvalue weighted by molar-refractivity contribution is 0.992. The van der Waals surface area contributed by atoms with E-state index in [0.717, 1.165) is 27.9 Å². The summed E-state index contributed by atoms with van der Waals surface area (Å²) in [5, 5.41) is 4.84. The van der Waals surface area contributed by atoms with Crippen LogP contribution in [-0.4, -0.2) is 19.1 Å². The van der Waals surface area contributed by atoms with E-state index in [0.29, 0.717) is 5.95 Å². The van der Waals surface area contributed by atoms with Crippen molar-refractivity contribution in [3.05, 3.63) is 230 Å². The number of para-hydroxylation sites is 3. The molecule has 3 heterocycles. The van der Waals surface area contributed by atoms with Crippen molar-refractivity contribution in [3.63, 3.8) is 0 Å². The maximum absolute atomic E-state index is 5.24. The Hall–Kier alpha value is -8.34. The quantitative estimate of drug-likeness (QED) is 0.161. The Bertz CT molecular complexity index is 3730. The Kier molecular flexibility index (Phi) is 8.91. The molecule has 0 atom stereocenters. The number of fused-ring (bicyclic) bond motifs is 6. The standard InChI is InChI=1S/C60H42N4/c1-39-35-52(40(2)34-51(39)43-14-5-3-6-15-43)46-16-13-17-47(36-46)55-32-33-61-60(62-55)64-57-23-12-10-21-50(57)54-38-45(29-31-59(54)64)42-26-24-41(25-27-42)44-28-30-58-53(37-44)49-20-9-11-22-56(49)63(58)48-18-7-4-8-19-48/h3-38H,1-2H3. The largest absolute Gasteiger partial charge is 0.309 e. The topological polar surface area (TPSA) is 35.6 Å². The third-order valence-electron chi connectivity index (χ3n) is 12.9. The molecule has 0 N–H and O–H groups in total. The van der Waals surface area contributed by atoms with Crippen LogP contribution in [0.3, 0.4) is 0 Å². The van der Waals surface area contributed by atoms with Crippen LogP contribution in [0.1, 0.15) is 11.1 Å². The fourth-order valence-electron chi connectivity index (χ4n) is 9.75. The molecular weight excluding hydrogens is 777 g/mol. The van der Waals surface area contributed by atoms with E-state index >= 15 is 0 Å². The molecule has 0 aliphatic carbocycles. The minimum Gasteiger partial charge on any atom is -0.309 e. The number of aryl methyl sites for hydroxylation is 2. The van der Waals surface area contributed by atoms with Gasteiger partial charge in [0.2, 0.25) is 5.95 Å². The third-order valence-corrected chi connectivity index (χ3v) is 12.9. The average Bonchev–Trinajstić information content (AvgIpc) is 3.87. The minimum absolute atomic E-state index is 0.648. The van der Waals surface area contributed by atoms with Gasteiger partial charge in [0.05, 0.1) is 27.8 Å². The van der Waals surface area contributed by atoms with Crippen molar-refractivity contribution in [1.82, 2.24) is 19.1 Å². The lowest BCUT2D eigenvalue weighted by Crippen LogP contribution is -2.01. The molecule has 0 aliphatic rings. The van der Waals surface area contributed by atoms with E-state index in [9.17, 15) is 0 Å². The molecule has 0 saturated carbocycles. The van der Waals surface area contributed by atoms with Gasteiger partial charge < -0.3 is 4.57 Å². The van der Waals surface area contributed by atoms with Crippen LogP contribution in [0.15, 0.2) is 219 Å². The third kappa shape index (κ3) is 6.30. The molecule has 0 amide bonds. The second kappa shape index (κ2) is 15.2. The molecule has 0 unspecified atom stereocenters. The number of aromatic nitrogens is 4. The molecular formula is C60H42N4. The van der Waals surface area contributed by atoms with Crippen molar-refractivity contribution >= 4 is 43.6 Å². The highest BCUT2D eigenvalue weighted by atomic mass is 15.2. The number of rotatable bonds is 7. The maximum Gasteiger partial charge on any atom is 0.235 e. The van der Waals surface area contributed by atoms with Gasteiger partial charge in [0.15, 0.2) is 0 Å². The highest BCUT2D eigenvalue weighted by Gasteiger charge is 2.18. The van der Waals surface area contributed by atoms with E-state index < -0.39 is 0 Å². The SMILES string of the molecule is Cc1cc(-c2cccc(-c3ccnc(-n4c5ccccc5c5cc(-c6ccc(-c7ccc8c(c7)c7ccccc7n8-c7ccccc7)cc6)ccc54)n3)c2)c(C)cc1-c1ccccc1. The average molecular weight is 819 g/mol.